The van der Waals surface area contributed by atoms with E-state index in [1.54, 1.807) is 30.5 Å². The molecule has 0 unspecified atom stereocenters. The number of thiocarbonyl (C=S) groups is 1. The fourth-order valence-electron chi connectivity index (χ4n) is 5.80. The zero-order chi connectivity index (χ0) is 37.5. The number of aromatic nitrogens is 4. The third kappa shape index (κ3) is 10.3. The normalized spacial score (nSPS) is 16.3. The van der Waals surface area contributed by atoms with Crippen LogP contribution in [0.1, 0.15) is 52.7 Å². The molecule has 0 spiro atoms. The number of benzene rings is 2. The first-order valence-corrected chi connectivity index (χ1v) is 20.7. The number of nitrogens with two attached hydrogens (primary N) is 2. The maximum Gasteiger partial charge on any atom is 0.224 e. The lowest BCUT2D eigenvalue weighted by Crippen LogP contribution is -2.42. The Morgan fingerprint density at radius 3 is 1.44 bits per heavy atom. The van der Waals surface area contributed by atoms with Gasteiger partial charge in [0.05, 0.1) is 28.5 Å². The highest BCUT2D eigenvalue weighted by Crippen LogP contribution is 2.21. The number of nitrogens with one attached hydrogen (secondary N) is 2. The van der Waals surface area contributed by atoms with E-state index in [4.69, 9.17) is 23.7 Å². The molecule has 15 nitrogen and oxygen atoms in total. The number of nitrogen functional groups attached to an aromatic ring is 2. The zero-order valence-corrected chi connectivity index (χ0v) is 31.3. The van der Waals surface area contributed by atoms with Crippen LogP contribution in [-0.2, 0) is 20.0 Å². The molecule has 2 aliphatic heterocycles. The van der Waals surface area contributed by atoms with Crippen molar-refractivity contribution < 1.29 is 21.6 Å². The van der Waals surface area contributed by atoms with Gasteiger partial charge in [0.15, 0.2) is 5.78 Å². The quantitative estimate of drug-likeness (QED) is 0.135. The fraction of sp³-hybridized carbons (Fsp3) is 0.353. The van der Waals surface area contributed by atoms with Gasteiger partial charge in [-0.05, 0) is 31.2 Å². The van der Waals surface area contributed by atoms with Crippen LogP contribution in [0.25, 0.3) is 0 Å². The first kappa shape index (κ1) is 38.6. The summed E-state index contributed by atoms with van der Waals surface area (Å²) in [7, 11) is -6.28. The lowest BCUT2D eigenvalue weighted by Gasteiger charge is -2.30. The lowest BCUT2D eigenvalue weighted by atomic mass is 10.1. The van der Waals surface area contributed by atoms with E-state index < -0.39 is 20.0 Å². The van der Waals surface area contributed by atoms with Crippen LogP contribution in [0, 0.1) is 0 Å². The van der Waals surface area contributed by atoms with Crippen LogP contribution in [0.5, 0.6) is 0 Å². The summed E-state index contributed by atoms with van der Waals surface area (Å²) >= 11 is 5.48. The Morgan fingerprint density at radius 2 is 1.06 bits per heavy atom. The molecule has 2 aliphatic rings. The molecule has 2 aromatic heterocycles. The Bertz CT molecular complexity index is 1940. The van der Waals surface area contributed by atoms with Crippen molar-refractivity contribution >= 4 is 66.4 Å². The van der Waals surface area contributed by atoms with E-state index in [1.807, 2.05) is 36.4 Å². The number of piperidine rings is 2. The number of hydrogen-bond acceptors (Lipinski definition) is 14. The summed E-state index contributed by atoms with van der Waals surface area (Å²) in [4.78, 5) is 30.1. The average molecular weight is 767 g/mol. The van der Waals surface area contributed by atoms with E-state index in [0.717, 1.165) is 5.56 Å². The van der Waals surface area contributed by atoms with Crippen LogP contribution in [0.15, 0.2) is 73.1 Å². The number of nitrogens with zero attached hydrogens (tertiary/aromatic N) is 6. The van der Waals surface area contributed by atoms with Crippen LogP contribution in [0.3, 0.4) is 0 Å². The molecule has 0 atom stereocenters. The second-order valence-electron chi connectivity index (χ2n) is 12.5. The second kappa shape index (κ2) is 16.8. The van der Waals surface area contributed by atoms with Gasteiger partial charge < -0.3 is 22.1 Å². The number of anilines is 4. The summed E-state index contributed by atoms with van der Waals surface area (Å²) in [5, 5.41) is 6.40. The van der Waals surface area contributed by atoms with Gasteiger partial charge in [0.1, 0.15) is 11.6 Å². The molecule has 18 heteroatoms. The highest BCUT2D eigenvalue weighted by atomic mass is 32.2. The van der Waals surface area contributed by atoms with Crippen LogP contribution in [0.4, 0.5) is 23.5 Å². The van der Waals surface area contributed by atoms with Gasteiger partial charge in [0.25, 0.3) is 0 Å². The Hall–Kier alpha value is -4.62. The molecule has 0 aliphatic carbocycles. The van der Waals surface area contributed by atoms with Gasteiger partial charge in [0.2, 0.25) is 31.9 Å². The molecule has 4 aromatic rings. The molecule has 0 amide bonds. The predicted molar refractivity (Wildman–Crippen MR) is 206 cm³/mol. The third-order valence-corrected chi connectivity index (χ3v) is 11.8. The number of rotatable bonds is 10. The molecular weight excluding hydrogens is 725 g/mol. The predicted octanol–water partition coefficient (Wildman–Crippen LogP) is 2.79. The first-order valence-electron chi connectivity index (χ1n) is 16.6. The van der Waals surface area contributed by atoms with E-state index in [-0.39, 0.29) is 29.2 Å². The minimum atomic E-state index is -3.15. The number of sulfonamides is 2. The van der Waals surface area contributed by atoms with Gasteiger partial charge in [-0.3, -0.25) is 4.79 Å². The molecule has 2 saturated heterocycles. The van der Waals surface area contributed by atoms with Gasteiger partial charge in [-0.15, -0.1) is 0 Å². The lowest BCUT2D eigenvalue weighted by molar-refractivity contribution is 0.103. The third-order valence-electron chi connectivity index (χ3n) is 8.71. The van der Waals surface area contributed by atoms with Crippen molar-refractivity contribution in [2.45, 2.75) is 37.8 Å². The van der Waals surface area contributed by atoms with E-state index in [1.165, 1.54) is 27.3 Å². The van der Waals surface area contributed by atoms with E-state index >= 15 is 0 Å². The van der Waals surface area contributed by atoms with Gasteiger partial charge in [0, 0.05) is 56.2 Å². The Balaban J connectivity index is 0.000000201. The van der Waals surface area contributed by atoms with Crippen molar-refractivity contribution in [2.75, 3.05) is 60.8 Å². The van der Waals surface area contributed by atoms with Crippen LogP contribution >= 0.6 is 12.2 Å². The van der Waals surface area contributed by atoms with Crippen molar-refractivity contribution in [3.8, 4) is 0 Å². The maximum absolute atomic E-state index is 12.5. The van der Waals surface area contributed by atoms with Crippen molar-refractivity contribution in [3.63, 3.8) is 0 Å². The van der Waals surface area contributed by atoms with Crippen molar-refractivity contribution in [1.82, 2.24) is 28.5 Å². The minimum Gasteiger partial charge on any atom is -0.383 e. The van der Waals surface area contributed by atoms with E-state index in [9.17, 15) is 21.6 Å². The largest absolute Gasteiger partial charge is 0.383 e. The van der Waals surface area contributed by atoms with Gasteiger partial charge >= 0.3 is 0 Å². The Morgan fingerprint density at radius 1 is 0.673 bits per heavy atom. The fourth-order valence-corrected chi connectivity index (χ4v) is 7.84. The average Bonchev–Trinajstić information content (AvgIpc) is 3.12. The highest BCUT2D eigenvalue weighted by molar-refractivity contribution is 7.88. The summed E-state index contributed by atoms with van der Waals surface area (Å²) < 4.78 is 49.2. The summed E-state index contributed by atoms with van der Waals surface area (Å²) in [5.74, 6) is 0.982. The van der Waals surface area contributed by atoms with Crippen molar-refractivity contribution in [1.29, 1.82) is 0 Å². The van der Waals surface area contributed by atoms with Crippen LogP contribution in [-0.4, -0.2) is 107 Å². The summed E-state index contributed by atoms with van der Waals surface area (Å²) in [6.45, 7) is 1.89. The highest BCUT2D eigenvalue weighted by Gasteiger charge is 2.27. The minimum absolute atomic E-state index is 0.0584. The number of hydrogen-bond donors (Lipinski definition) is 4. The van der Waals surface area contributed by atoms with E-state index in [0.29, 0.717) is 85.6 Å². The SMILES string of the molecule is CS(=O)(=O)N1CCC(Nc2ncc(C(=O)c3ccccc3)c(N)n2)CC1.CS(=O)(=O)N1CCC(Nc2ncc(C(=S)c3ccccc3)c(N)n2)CC1. The first-order chi connectivity index (χ1) is 24.7. The number of carbonyl (C=O) groups is 1. The van der Waals surface area contributed by atoms with Crippen LogP contribution < -0.4 is 22.1 Å². The molecule has 0 bridgehead atoms. The second-order valence-corrected chi connectivity index (χ2v) is 16.9. The molecule has 0 radical (unpaired) electrons. The molecule has 52 heavy (non-hydrogen) atoms. The topological polar surface area (TPSA) is 219 Å². The summed E-state index contributed by atoms with van der Waals surface area (Å²) in [6.07, 6.45) is 8.20. The molecule has 4 heterocycles. The molecule has 6 N–H and O–H groups in total. The molecular formula is C34H42N10O5S3. The summed E-state index contributed by atoms with van der Waals surface area (Å²) in [6, 6.07) is 18.6. The zero-order valence-electron chi connectivity index (χ0n) is 28.8. The van der Waals surface area contributed by atoms with Crippen molar-refractivity contribution in [3.05, 3.63) is 95.3 Å². The standard InChI is InChI=1S/C17H21N5O3S.C17H21N5O2S2/c1-26(24,25)22-9-7-13(8-10-22)20-17-19-11-14(16(18)21-17)15(23)12-5-3-2-4-6-12;1-26(23,24)22-9-7-13(8-10-22)20-17-19-11-14(16(18)21-17)15(25)12-5-3-2-4-6-12/h2*2-6,11,13H,7-10H2,1H3,(H3,18,19,20,21). The monoisotopic (exact) mass is 766 g/mol. The van der Waals surface area contributed by atoms with Crippen molar-refractivity contribution in [2.24, 2.45) is 0 Å². The molecule has 6 rings (SSSR count). The number of carbonyl (C=O) groups excluding carboxylic acids is 1. The van der Waals surface area contributed by atoms with Gasteiger partial charge in [-0.2, -0.15) is 9.97 Å². The maximum atomic E-state index is 12.5. The molecule has 2 fully saturated rings. The van der Waals surface area contributed by atoms with Crippen LogP contribution in [0.2, 0.25) is 0 Å². The van der Waals surface area contributed by atoms with E-state index in [2.05, 4.69) is 30.6 Å². The molecule has 0 saturated carbocycles. The molecule has 276 valence electrons. The van der Waals surface area contributed by atoms with Gasteiger partial charge in [-0.25, -0.2) is 35.4 Å². The van der Waals surface area contributed by atoms with Gasteiger partial charge in [-0.1, -0.05) is 72.9 Å². The Kier molecular flexibility index (Phi) is 12.5. The Labute approximate surface area is 309 Å². The summed E-state index contributed by atoms with van der Waals surface area (Å²) in [5.41, 5.74) is 14.3. The smallest absolute Gasteiger partial charge is 0.224 e. The molecule has 2 aromatic carbocycles. The number of ketones is 1.